The third-order valence-electron chi connectivity index (χ3n) is 6.74. The fraction of sp³-hybridized carbons (Fsp3) is 0.0278. The fourth-order valence-electron chi connectivity index (χ4n) is 4.35. The number of Topliss-reactive ketones (excluding diaryl/α,β-unsaturated/α-hetero) is 1. The number of ketones is 1. The molecule has 0 heterocycles. The SMILES string of the molecule is O=C(Nc1ccc(SCC(=O)c2ccc(-c3ccccc3)cc2)cc1)/C(=C/c1ccc([N+](=O)[O-])cc1)NC(=O)c1ccccc1. The number of nitrogens with zero attached hydrogens (tertiary/aromatic N) is 1. The maximum absolute atomic E-state index is 13.3. The molecule has 8 nitrogen and oxygen atoms in total. The number of anilines is 1. The second-order valence-corrected chi connectivity index (χ2v) is 10.9. The van der Waals surface area contributed by atoms with Crippen molar-refractivity contribution in [2.75, 3.05) is 11.1 Å². The van der Waals surface area contributed by atoms with Crippen LogP contribution in [0.3, 0.4) is 0 Å². The van der Waals surface area contributed by atoms with Crippen molar-refractivity contribution in [1.82, 2.24) is 5.32 Å². The van der Waals surface area contributed by atoms with Gasteiger partial charge >= 0.3 is 0 Å². The zero-order chi connectivity index (χ0) is 31.6. The largest absolute Gasteiger partial charge is 0.321 e. The first-order valence-electron chi connectivity index (χ1n) is 13.9. The van der Waals surface area contributed by atoms with Gasteiger partial charge < -0.3 is 10.6 Å². The minimum Gasteiger partial charge on any atom is -0.321 e. The van der Waals surface area contributed by atoms with E-state index >= 15 is 0 Å². The molecule has 2 amide bonds. The summed E-state index contributed by atoms with van der Waals surface area (Å²) in [7, 11) is 0. The van der Waals surface area contributed by atoms with Crippen molar-refractivity contribution >= 4 is 46.8 Å². The van der Waals surface area contributed by atoms with Crippen molar-refractivity contribution in [3.8, 4) is 11.1 Å². The molecule has 5 rings (SSSR count). The van der Waals surface area contributed by atoms with Crippen LogP contribution in [0.5, 0.6) is 0 Å². The van der Waals surface area contributed by atoms with Crippen LogP contribution in [0.4, 0.5) is 11.4 Å². The molecular weight excluding hydrogens is 586 g/mol. The summed E-state index contributed by atoms with van der Waals surface area (Å²) in [5.74, 6) is -0.798. The number of rotatable bonds is 11. The minimum atomic E-state index is -0.577. The molecule has 45 heavy (non-hydrogen) atoms. The molecule has 2 N–H and O–H groups in total. The Bertz CT molecular complexity index is 1840. The maximum atomic E-state index is 13.3. The Morgan fingerprint density at radius 2 is 1.29 bits per heavy atom. The molecule has 5 aromatic rings. The predicted molar refractivity (Wildman–Crippen MR) is 177 cm³/mol. The van der Waals surface area contributed by atoms with Crippen LogP contribution in [-0.4, -0.2) is 28.3 Å². The third kappa shape index (κ3) is 8.40. The summed E-state index contributed by atoms with van der Waals surface area (Å²) in [6, 6.07) is 38.6. The second kappa shape index (κ2) is 14.6. The van der Waals surface area contributed by atoms with Gasteiger partial charge in [0, 0.05) is 33.8 Å². The number of non-ortho nitro benzene ring substituents is 1. The van der Waals surface area contributed by atoms with Gasteiger partial charge in [-0.1, -0.05) is 72.8 Å². The highest BCUT2D eigenvalue weighted by Gasteiger charge is 2.16. The first-order valence-corrected chi connectivity index (χ1v) is 14.9. The van der Waals surface area contributed by atoms with E-state index in [1.165, 1.54) is 42.1 Å². The van der Waals surface area contributed by atoms with Gasteiger partial charge in [0.1, 0.15) is 5.70 Å². The fourth-order valence-corrected chi connectivity index (χ4v) is 5.14. The van der Waals surface area contributed by atoms with Crippen LogP contribution in [0.2, 0.25) is 0 Å². The number of carbonyl (C=O) groups is 3. The molecule has 0 saturated carbocycles. The Morgan fingerprint density at radius 3 is 1.91 bits per heavy atom. The van der Waals surface area contributed by atoms with Gasteiger partial charge in [0.25, 0.3) is 17.5 Å². The van der Waals surface area contributed by atoms with E-state index in [2.05, 4.69) is 10.6 Å². The van der Waals surface area contributed by atoms with E-state index in [1.54, 1.807) is 54.6 Å². The van der Waals surface area contributed by atoms with E-state index in [0.717, 1.165) is 16.0 Å². The van der Waals surface area contributed by atoms with Crippen LogP contribution in [0.25, 0.3) is 17.2 Å². The van der Waals surface area contributed by atoms with Crippen LogP contribution >= 0.6 is 11.8 Å². The number of nitro benzene ring substituents is 1. The summed E-state index contributed by atoms with van der Waals surface area (Å²) in [4.78, 5) is 50.3. The quantitative estimate of drug-likeness (QED) is 0.0520. The summed E-state index contributed by atoms with van der Waals surface area (Å²) < 4.78 is 0. The Labute approximate surface area is 264 Å². The zero-order valence-corrected chi connectivity index (χ0v) is 24.7. The first-order chi connectivity index (χ1) is 21.9. The van der Waals surface area contributed by atoms with Gasteiger partial charge in [-0.25, -0.2) is 0 Å². The molecule has 0 aliphatic heterocycles. The highest BCUT2D eigenvalue weighted by atomic mass is 32.2. The van der Waals surface area contributed by atoms with Gasteiger partial charge in [-0.05, 0) is 71.3 Å². The molecule has 5 aromatic carbocycles. The van der Waals surface area contributed by atoms with Crippen LogP contribution < -0.4 is 10.6 Å². The molecule has 0 spiro atoms. The molecule has 0 aliphatic rings. The third-order valence-corrected chi connectivity index (χ3v) is 7.75. The number of carbonyl (C=O) groups excluding carboxylic acids is 3. The van der Waals surface area contributed by atoms with Crippen molar-refractivity contribution in [2.24, 2.45) is 0 Å². The molecule has 0 aromatic heterocycles. The molecule has 9 heteroatoms. The Kier molecular flexibility index (Phi) is 9.94. The van der Waals surface area contributed by atoms with E-state index in [0.29, 0.717) is 22.4 Å². The Balaban J connectivity index is 1.23. The van der Waals surface area contributed by atoms with E-state index in [1.807, 2.05) is 54.6 Å². The number of benzene rings is 5. The zero-order valence-electron chi connectivity index (χ0n) is 23.9. The summed E-state index contributed by atoms with van der Waals surface area (Å²) in [5.41, 5.74) is 3.97. The molecular formula is C36H27N3O5S. The van der Waals surface area contributed by atoms with E-state index in [-0.39, 0.29) is 22.9 Å². The van der Waals surface area contributed by atoms with Crippen molar-refractivity contribution in [2.45, 2.75) is 4.90 Å². The number of hydrogen-bond donors (Lipinski definition) is 2. The lowest BCUT2D eigenvalue weighted by atomic mass is 10.0. The molecule has 0 bridgehead atoms. The normalized spacial score (nSPS) is 11.0. The van der Waals surface area contributed by atoms with Gasteiger partial charge in [0.2, 0.25) is 0 Å². The monoisotopic (exact) mass is 613 g/mol. The predicted octanol–water partition coefficient (Wildman–Crippen LogP) is 7.65. The number of nitrogens with one attached hydrogen (secondary N) is 2. The lowest BCUT2D eigenvalue weighted by Crippen LogP contribution is -2.30. The van der Waals surface area contributed by atoms with Gasteiger partial charge in [-0.15, -0.1) is 11.8 Å². The number of hydrogen-bond acceptors (Lipinski definition) is 6. The summed E-state index contributed by atoms with van der Waals surface area (Å²) in [5, 5.41) is 16.4. The first kappa shape index (κ1) is 30.7. The number of thioether (sulfide) groups is 1. The lowest BCUT2D eigenvalue weighted by molar-refractivity contribution is -0.384. The van der Waals surface area contributed by atoms with Gasteiger partial charge in [0.05, 0.1) is 10.7 Å². The molecule has 0 aliphatic carbocycles. The van der Waals surface area contributed by atoms with Gasteiger partial charge in [-0.2, -0.15) is 0 Å². The lowest BCUT2D eigenvalue weighted by Gasteiger charge is -2.12. The minimum absolute atomic E-state index is 0.00664. The van der Waals surface area contributed by atoms with E-state index in [9.17, 15) is 24.5 Å². The van der Waals surface area contributed by atoms with E-state index in [4.69, 9.17) is 0 Å². The summed E-state index contributed by atoms with van der Waals surface area (Å²) in [6.07, 6.45) is 1.45. The molecule has 0 fully saturated rings. The van der Waals surface area contributed by atoms with Crippen LogP contribution in [0.15, 0.2) is 144 Å². The van der Waals surface area contributed by atoms with Crippen molar-refractivity contribution in [3.63, 3.8) is 0 Å². The van der Waals surface area contributed by atoms with Crippen LogP contribution in [0, 0.1) is 10.1 Å². The molecule has 0 unspecified atom stereocenters. The highest BCUT2D eigenvalue weighted by molar-refractivity contribution is 8.00. The summed E-state index contributed by atoms with van der Waals surface area (Å²) in [6.45, 7) is 0. The molecule has 0 radical (unpaired) electrons. The Morgan fingerprint density at radius 1 is 0.689 bits per heavy atom. The van der Waals surface area contributed by atoms with Crippen LogP contribution in [0.1, 0.15) is 26.3 Å². The van der Waals surface area contributed by atoms with Crippen LogP contribution in [-0.2, 0) is 4.79 Å². The Hall–Kier alpha value is -5.80. The maximum Gasteiger partial charge on any atom is 0.272 e. The van der Waals surface area contributed by atoms with Gasteiger partial charge in [-0.3, -0.25) is 24.5 Å². The smallest absolute Gasteiger partial charge is 0.272 e. The van der Waals surface area contributed by atoms with E-state index < -0.39 is 16.7 Å². The highest BCUT2D eigenvalue weighted by Crippen LogP contribution is 2.24. The molecule has 0 saturated heterocycles. The standard InChI is InChI=1S/C36H27N3O5S/c40-34(28-15-13-27(14-16-28)26-7-3-1-4-8-26)24-45-32-21-17-30(18-22-32)37-36(42)33(38-35(41)29-9-5-2-6-10-29)23-25-11-19-31(20-12-25)39(43)44/h1-23H,24H2,(H,37,42)(H,38,41)/b33-23-. The van der Waals surface area contributed by atoms with Crippen molar-refractivity contribution < 1.29 is 19.3 Å². The van der Waals surface area contributed by atoms with Gasteiger partial charge in [0.15, 0.2) is 5.78 Å². The number of nitro groups is 1. The van der Waals surface area contributed by atoms with Crippen molar-refractivity contribution in [3.05, 3.63) is 166 Å². The number of amides is 2. The van der Waals surface area contributed by atoms with Crippen molar-refractivity contribution in [1.29, 1.82) is 0 Å². The topological polar surface area (TPSA) is 118 Å². The molecule has 222 valence electrons. The molecule has 0 atom stereocenters. The second-order valence-electron chi connectivity index (χ2n) is 9.86. The average Bonchev–Trinajstić information content (AvgIpc) is 3.08. The average molecular weight is 614 g/mol. The summed E-state index contributed by atoms with van der Waals surface area (Å²) >= 11 is 1.39.